The molecule has 1 rings (SSSR count). The predicted octanol–water partition coefficient (Wildman–Crippen LogP) is 7.67. The van der Waals surface area contributed by atoms with Gasteiger partial charge < -0.3 is 0 Å². The Hall–Kier alpha value is -1.03. The average Bonchev–Trinajstić information content (AvgIpc) is 2.37. The summed E-state index contributed by atoms with van der Waals surface area (Å²) in [5, 5.41) is -0.542. The summed E-state index contributed by atoms with van der Waals surface area (Å²) in [6.07, 6.45) is 0.700. The molecule has 0 saturated heterocycles. The first-order valence-corrected chi connectivity index (χ1v) is 8.39. The topological polar surface area (TPSA) is 0 Å². The second kappa shape index (κ2) is 5.51. The van der Waals surface area contributed by atoms with Gasteiger partial charge in [-0.1, -0.05) is 44.4 Å². The zero-order valence-corrected chi connectivity index (χ0v) is 13.0. The predicted molar refractivity (Wildman–Crippen MR) is 71.0 cm³/mol. The fraction of sp³-hybridized carbons (Fsp3) is 0.333. The molecule has 0 saturated carbocycles. The number of allylic oxidation sites excluding steroid dienone is 1. The van der Waals surface area contributed by atoms with Crippen LogP contribution in [0.4, 0.5) is 37.0 Å². The first-order valence-electron chi connectivity index (χ1n) is 6.06. The Balaban J connectivity index is 3.83. The molecule has 0 aliphatic heterocycles. The maximum Gasteiger partial charge on any atom is 0.313 e. The highest BCUT2D eigenvalue weighted by Gasteiger charge is 2.69. The van der Waals surface area contributed by atoms with Crippen molar-refractivity contribution < 1.29 is 37.0 Å². The first kappa shape index (κ1) is 20.0. The van der Waals surface area contributed by atoms with Crippen molar-refractivity contribution in [3.8, 4) is 0 Å². The Morgan fingerprint density at radius 1 is 0.913 bits per heavy atom. The van der Waals surface area contributed by atoms with Gasteiger partial charge in [0.25, 0.3) is 0 Å². The molecular weight excluding hydrogens is 383 g/mol. The van der Waals surface area contributed by atoms with Crippen LogP contribution < -0.4 is 0 Å². The van der Waals surface area contributed by atoms with E-state index in [2.05, 4.69) is 0 Å². The van der Waals surface area contributed by atoms with Gasteiger partial charge in [0, 0.05) is 10.6 Å². The van der Waals surface area contributed by atoms with Gasteiger partial charge >= 0.3 is 10.2 Å². The molecule has 0 nitrogen and oxygen atoms in total. The van der Waals surface area contributed by atoms with Crippen LogP contribution in [0.5, 0.6) is 0 Å². The summed E-state index contributed by atoms with van der Waals surface area (Å²) in [4.78, 5) is -3.46. The molecule has 23 heavy (non-hydrogen) atoms. The largest absolute Gasteiger partial charge is 0.313 e. The van der Waals surface area contributed by atoms with Gasteiger partial charge in [-0.05, 0) is 18.9 Å². The van der Waals surface area contributed by atoms with Crippen LogP contribution in [0.25, 0.3) is 6.08 Å². The third-order valence-corrected chi connectivity index (χ3v) is 4.18. The van der Waals surface area contributed by atoms with Crippen LogP contribution >= 0.6 is 21.8 Å². The lowest BCUT2D eigenvalue weighted by atomic mass is 10.1. The van der Waals surface area contributed by atoms with Crippen molar-refractivity contribution in [1.82, 2.24) is 0 Å². The van der Waals surface area contributed by atoms with Crippen molar-refractivity contribution in [1.29, 1.82) is 0 Å². The van der Waals surface area contributed by atoms with E-state index in [-0.39, 0.29) is 12.5 Å². The minimum atomic E-state index is -10.9. The number of benzene rings is 1. The van der Waals surface area contributed by atoms with Crippen LogP contribution in [-0.2, 0) is 0 Å². The molecule has 11 heteroatoms. The molecule has 0 atom stereocenters. The SMILES string of the molecule is CCCCC(Cl)=Cc1c(F)c(F)c(F)c(F)c1S(F)(F)(F)(F)F. The average molecular weight is 393 g/mol. The lowest BCUT2D eigenvalue weighted by molar-refractivity contribution is 0.337. The molecule has 0 heterocycles. The van der Waals surface area contributed by atoms with Gasteiger partial charge in [0.15, 0.2) is 28.2 Å². The van der Waals surface area contributed by atoms with Gasteiger partial charge in [0.1, 0.15) is 0 Å². The lowest BCUT2D eigenvalue weighted by Gasteiger charge is -2.41. The summed E-state index contributed by atoms with van der Waals surface area (Å²) in [5.74, 6) is -11.4. The second-order valence-corrected chi connectivity index (χ2v) is 7.49. The van der Waals surface area contributed by atoms with Gasteiger partial charge in [-0.15, -0.1) is 0 Å². The van der Waals surface area contributed by atoms with Gasteiger partial charge in [0.2, 0.25) is 0 Å². The molecule has 0 aliphatic rings. The molecular formula is C12H10ClF9S. The van der Waals surface area contributed by atoms with E-state index < -0.39 is 49.0 Å². The van der Waals surface area contributed by atoms with Gasteiger partial charge in [-0.25, -0.2) is 17.6 Å². The van der Waals surface area contributed by atoms with Gasteiger partial charge in [-0.3, -0.25) is 0 Å². The van der Waals surface area contributed by atoms with Crippen LogP contribution in [0.3, 0.4) is 0 Å². The minimum Gasteiger partial charge on any atom is -0.203 e. The number of halogens is 10. The highest BCUT2D eigenvalue weighted by molar-refractivity contribution is 8.45. The minimum absolute atomic E-state index is 0.0331. The Morgan fingerprint density at radius 3 is 1.83 bits per heavy atom. The second-order valence-electron chi connectivity index (χ2n) is 4.66. The third-order valence-electron chi connectivity index (χ3n) is 2.71. The molecule has 0 bridgehead atoms. The van der Waals surface area contributed by atoms with Crippen molar-refractivity contribution >= 4 is 27.9 Å². The molecule has 0 radical (unpaired) electrons. The van der Waals surface area contributed by atoms with Crippen LogP contribution in [0.15, 0.2) is 9.93 Å². The molecule has 0 amide bonds. The van der Waals surface area contributed by atoms with E-state index in [1.807, 2.05) is 0 Å². The van der Waals surface area contributed by atoms with Gasteiger partial charge in [0.05, 0.1) is 0 Å². The fourth-order valence-electron chi connectivity index (χ4n) is 1.71. The Morgan fingerprint density at radius 2 is 1.39 bits per heavy atom. The van der Waals surface area contributed by atoms with E-state index in [0.717, 1.165) is 0 Å². The van der Waals surface area contributed by atoms with Crippen molar-refractivity contribution in [2.45, 2.75) is 31.1 Å². The molecule has 0 unspecified atom stereocenters. The molecule has 1 aromatic rings. The summed E-state index contributed by atoms with van der Waals surface area (Å²) in [5.41, 5.74) is -2.17. The highest BCUT2D eigenvalue weighted by Crippen LogP contribution is 3.02. The number of rotatable bonds is 5. The van der Waals surface area contributed by atoms with Crippen LogP contribution in [0, 0.1) is 23.3 Å². The Bertz CT molecular complexity index is 664. The third kappa shape index (κ3) is 4.50. The Kier molecular flexibility index (Phi) is 4.79. The number of unbranched alkanes of at least 4 members (excludes halogenated alkanes) is 1. The maximum atomic E-state index is 13.6. The highest BCUT2D eigenvalue weighted by atomic mass is 35.5. The standard InChI is InChI=1S/C12H10ClF9S/c1-2-3-4-6(13)5-7-8(14)9(15)10(16)11(17)12(7)23(18,19,20,21)22/h5H,2-4H2,1H3. The van der Waals surface area contributed by atoms with Crippen molar-refractivity contribution in [2.24, 2.45) is 0 Å². The number of hydrogen-bond donors (Lipinski definition) is 0. The van der Waals surface area contributed by atoms with E-state index in [9.17, 15) is 37.0 Å². The molecule has 0 spiro atoms. The van der Waals surface area contributed by atoms with Crippen molar-refractivity contribution in [3.63, 3.8) is 0 Å². The zero-order valence-electron chi connectivity index (χ0n) is 11.4. The first-order chi connectivity index (χ1) is 10.1. The van der Waals surface area contributed by atoms with Crippen LogP contribution in [0.2, 0.25) is 0 Å². The maximum absolute atomic E-state index is 13.6. The normalized spacial score (nSPS) is 16.2. The molecule has 0 fully saturated rings. The van der Waals surface area contributed by atoms with E-state index in [4.69, 9.17) is 11.6 Å². The molecule has 1 aromatic carbocycles. The summed E-state index contributed by atoms with van der Waals surface area (Å²) in [7, 11) is -10.9. The van der Waals surface area contributed by atoms with E-state index in [0.29, 0.717) is 12.8 Å². The fourth-order valence-corrected chi connectivity index (χ4v) is 2.94. The monoisotopic (exact) mass is 392 g/mol. The summed E-state index contributed by atoms with van der Waals surface area (Å²) in [6, 6.07) is 0. The molecule has 0 aromatic heterocycles. The van der Waals surface area contributed by atoms with Crippen molar-refractivity contribution in [3.05, 3.63) is 33.9 Å². The summed E-state index contributed by atoms with van der Waals surface area (Å²) in [6.45, 7) is 1.67. The Labute approximate surface area is 130 Å². The van der Waals surface area contributed by atoms with Crippen LogP contribution in [0.1, 0.15) is 31.7 Å². The molecule has 0 aliphatic carbocycles. The van der Waals surface area contributed by atoms with E-state index in [1.54, 1.807) is 6.92 Å². The van der Waals surface area contributed by atoms with Crippen LogP contribution in [-0.4, -0.2) is 0 Å². The summed E-state index contributed by atoms with van der Waals surface area (Å²) >= 11 is 5.48. The number of hydrogen-bond acceptors (Lipinski definition) is 0. The smallest absolute Gasteiger partial charge is 0.203 e. The zero-order chi connectivity index (χ0) is 18.3. The quantitative estimate of drug-likeness (QED) is 0.274. The van der Waals surface area contributed by atoms with E-state index in [1.165, 1.54) is 0 Å². The molecule has 0 N–H and O–H groups in total. The van der Waals surface area contributed by atoms with Gasteiger partial charge in [-0.2, -0.15) is 0 Å². The lowest BCUT2D eigenvalue weighted by Crippen LogP contribution is -2.15. The van der Waals surface area contributed by atoms with Crippen molar-refractivity contribution in [2.75, 3.05) is 0 Å². The summed E-state index contributed by atoms with van der Waals surface area (Å²) < 4.78 is 117. The van der Waals surface area contributed by atoms with E-state index >= 15 is 0 Å². The molecule has 134 valence electrons.